The molecule has 8 nitrogen and oxygen atoms in total. The fourth-order valence-corrected chi connectivity index (χ4v) is 4.47. The van der Waals surface area contributed by atoms with Crippen molar-refractivity contribution in [3.05, 3.63) is 47.0 Å². The fraction of sp³-hybridized carbons (Fsp3) is 0.333. The summed E-state index contributed by atoms with van der Waals surface area (Å²) in [6, 6.07) is 9.77. The largest absolute Gasteiger partial charge is 0.495 e. The smallest absolute Gasteiger partial charge is 0.245 e. The van der Waals surface area contributed by atoms with Crippen LogP contribution in [0.4, 0.5) is 17.1 Å². The lowest BCUT2D eigenvalue weighted by molar-refractivity contribution is -0.117. The van der Waals surface area contributed by atoms with E-state index in [1.807, 2.05) is 13.0 Å². The highest BCUT2D eigenvalue weighted by molar-refractivity contribution is 7.92. The summed E-state index contributed by atoms with van der Waals surface area (Å²) in [4.78, 5) is 26.5. The molecule has 0 aliphatic carbocycles. The van der Waals surface area contributed by atoms with Crippen LogP contribution in [-0.4, -0.2) is 46.7 Å². The Morgan fingerprint density at radius 3 is 2.61 bits per heavy atom. The van der Waals surface area contributed by atoms with Crippen LogP contribution in [0.3, 0.4) is 0 Å². The average molecular weight is 466 g/mol. The molecule has 0 spiro atoms. The number of nitrogens with zero attached hydrogens (tertiary/aromatic N) is 2. The minimum atomic E-state index is -3.81. The molecule has 1 aliphatic rings. The highest BCUT2D eigenvalue weighted by Gasteiger charge is 2.26. The lowest BCUT2D eigenvalue weighted by atomic mass is 10.1. The Morgan fingerprint density at radius 1 is 1.26 bits per heavy atom. The molecule has 3 rings (SSSR count). The van der Waals surface area contributed by atoms with Gasteiger partial charge in [-0.15, -0.1) is 0 Å². The highest BCUT2D eigenvalue weighted by Crippen LogP contribution is 2.33. The van der Waals surface area contributed by atoms with E-state index in [2.05, 4.69) is 5.32 Å². The molecule has 2 aromatic carbocycles. The molecule has 2 aromatic rings. The Kier molecular flexibility index (Phi) is 6.76. The van der Waals surface area contributed by atoms with Gasteiger partial charge in [-0.25, -0.2) is 8.42 Å². The van der Waals surface area contributed by atoms with Gasteiger partial charge in [0.1, 0.15) is 12.3 Å². The number of nitrogens with one attached hydrogen (secondary N) is 1. The van der Waals surface area contributed by atoms with Gasteiger partial charge in [0.05, 0.1) is 19.1 Å². The Balaban J connectivity index is 1.84. The number of rotatable bonds is 7. The van der Waals surface area contributed by atoms with E-state index >= 15 is 0 Å². The summed E-state index contributed by atoms with van der Waals surface area (Å²) >= 11 is 6.03. The predicted molar refractivity (Wildman–Crippen MR) is 122 cm³/mol. The molecule has 0 saturated carbocycles. The van der Waals surface area contributed by atoms with Crippen molar-refractivity contribution in [3.8, 4) is 5.75 Å². The molecule has 0 bridgehead atoms. The van der Waals surface area contributed by atoms with Gasteiger partial charge in [-0.1, -0.05) is 17.7 Å². The third kappa shape index (κ3) is 5.29. The van der Waals surface area contributed by atoms with E-state index in [4.69, 9.17) is 16.3 Å². The number of amides is 2. The van der Waals surface area contributed by atoms with Crippen molar-refractivity contribution in [3.63, 3.8) is 0 Å². The molecular formula is C21H24ClN3O5S. The lowest BCUT2D eigenvalue weighted by Crippen LogP contribution is -2.37. The van der Waals surface area contributed by atoms with Gasteiger partial charge in [0.25, 0.3) is 0 Å². The van der Waals surface area contributed by atoms with Gasteiger partial charge in [-0.05, 0) is 49.2 Å². The number of anilines is 3. The minimum Gasteiger partial charge on any atom is -0.495 e. The molecule has 2 amide bonds. The molecule has 31 heavy (non-hydrogen) atoms. The van der Waals surface area contributed by atoms with Crippen LogP contribution in [0.15, 0.2) is 36.4 Å². The van der Waals surface area contributed by atoms with Crippen LogP contribution in [0.1, 0.15) is 18.4 Å². The second kappa shape index (κ2) is 9.15. The molecule has 1 heterocycles. The van der Waals surface area contributed by atoms with Crippen LogP contribution in [0.2, 0.25) is 5.02 Å². The number of hydrogen-bond acceptors (Lipinski definition) is 5. The first-order valence-corrected chi connectivity index (χ1v) is 11.8. The fourth-order valence-electron chi connectivity index (χ4n) is 3.45. The zero-order valence-electron chi connectivity index (χ0n) is 17.5. The number of ether oxygens (including phenoxy) is 1. The molecule has 1 saturated heterocycles. The molecule has 166 valence electrons. The topological polar surface area (TPSA) is 96.0 Å². The molecule has 0 radical (unpaired) electrons. The standard InChI is InChI=1S/C21H24ClN3O5S/c1-14-6-8-16(12-17(14)24-10-4-5-21(24)27)23-20(26)13-25(31(3,28)29)18-11-15(22)7-9-19(18)30-2/h6-9,11-12H,4-5,10,13H2,1-3H3,(H,23,26). The second-order valence-electron chi connectivity index (χ2n) is 7.28. The lowest BCUT2D eigenvalue weighted by Gasteiger charge is -2.24. The molecule has 1 fully saturated rings. The molecular weight excluding hydrogens is 442 g/mol. The molecule has 0 atom stereocenters. The number of aryl methyl sites for hydroxylation is 1. The van der Waals surface area contributed by atoms with Crippen molar-refractivity contribution in [2.45, 2.75) is 19.8 Å². The van der Waals surface area contributed by atoms with Crippen molar-refractivity contribution in [2.75, 3.05) is 41.0 Å². The first-order chi connectivity index (χ1) is 14.6. The number of halogens is 1. The second-order valence-corrected chi connectivity index (χ2v) is 9.63. The summed E-state index contributed by atoms with van der Waals surface area (Å²) in [5.41, 5.74) is 2.28. The maximum atomic E-state index is 12.7. The zero-order valence-corrected chi connectivity index (χ0v) is 19.1. The van der Waals surface area contributed by atoms with E-state index in [-0.39, 0.29) is 17.3 Å². The van der Waals surface area contributed by atoms with E-state index in [1.54, 1.807) is 23.1 Å². The summed E-state index contributed by atoms with van der Waals surface area (Å²) in [5.74, 6) is -0.231. The monoisotopic (exact) mass is 465 g/mol. The van der Waals surface area contributed by atoms with Crippen LogP contribution in [0.25, 0.3) is 0 Å². The van der Waals surface area contributed by atoms with E-state index in [0.29, 0.717) is 23.7 Å². The average Bonchev–Trinajstić information content (AvgIpc) is 3.12. The quantitative estimate of drug-likeness (QED) is 0.677. The van der Waals surface area contributed by atoms with Gasteiger partial charge < -0.3 is 15.0 Å². The van der Waals surface area contributed by atoms with Gasteiger partial charge in [0.15, 0.2) is 0 Å². The van der Waals surface area contributed by atoms with Crippen molar-refractivity contribution in [2.24, 2.45) is 0 Å². The Labute approximate surface area is 186 Å². The molecule has 0 unspecified atom stereocenters. The van der Waals surface area contributed by atoms with Gasteiger partial charge in [-0.2, -0.15) is 0 Å². The SMILES string of the molecule is COc1ccc(Cl)cc1N(CC(=O)Nc1ccc(C)c(N2CCCC2=O)c1)S(C)(=O)=O. The maximum absolute atomic E-state index is 12.7. The third-order valence-corrected chi connectivity index (χ3v) is 6.32. The Morgan fingerprint density at radius 2 is 2.00 bits per heavy atom. The predicted octanol–water partition coefficient (Wildman–Crippen LogP) is 3.19. The van der Waals surface area contributed by atoms with Crippen LogP contribution < -0.4 is 19.3 Å². The van der Waals surface area contributed by atoms with Crippen LogP contribution >= 0.6 is 11.6 Å². The molecule has 1 aliphatic heterocycles. The van der Waals surface area contributed by atoms with Crippen LogP contribution in [0.5, 0.6) is 5.75 Å². The Bertz CT molecular complexity index is 1120. The van der Waals surface area contributed by atoms with Crippen LogP contribution in [0, 0.1) is 6.92 Å². The number of carbonyl (C=O) groups is 2. The summed E-state index contributed by atoms with van der Waals surface area (Å²) in [6.45, 7) is 2.05. The van der Waals surface area contributed by atoms with Crippen molar-refractivity contribution in [1.82, 2.24) is 0 Å². The third-order valence-electron chi connectivity index (χ3n) is 4.95. The molecule has 10 heteroatoms. The first-order valence-electron chi connectivity index (χ1n) is 9.62. The van der Waals surface area contributed by atoms with Gasteiger partial charge in [0.2, 0.25) is 21.8 Å². The zero-order chi connectivity index (χ0) is 22.8. The molecule has 1 N–H and O–H groups in total. The number of hydrogen-bond donors (Lipinski definition) is 1. The van der Waals surface area contributed by atoms with E-state index in [9.17, 15) is 18.0 Å². The maximum Gasteiger partial charge on any atom is 0.245 e. The van der Waals surface area contributed by atoms with Crippen molar-refractivity contribution < 1.29 is 22.7 Å². The summed E-state index contributed by atoms with van der Waals surface area (Å²) in [5, 5.41) is 3.02. The number of benzene rings is 2. The first kappa shape index (κ1) is 22.9. The van der Waals surface area contributed by atoms with Crippen molar-refractivity contribution >= 4 is 50.5 Å². The van der Waals surface area contributed by atoms with Gasteiger partial charge >= 0.3 is 0 Å². The number of carbonyl (C=O) groups excluding carboxylic acids is 2. The van der Waals surface area contributed by atoms with E-state index < -0.39 is 22.5 Å². The van der Waals surface area contributed by atoms with Gasteiger partial charge in [0, 0.05) is 29.4 Å². The summed E-state index contributed by atoms with van der Waals surface area (Å²) < 4.78 is 31.0. The van der Waals surface area contributed by atoms with Crippen LogP contribution in [-0.2, 0) is 19.6 Å². The summed E-state index contributed by atoms with van der Waals surface area (Å²) in [6.07, 6.45) is 2.30. The van der Waals surface area contributed by atoms with Crippen molar-refractivity contribution in [1.29, 1.82) is 0 Å². The molecule has 0 aromatic heterocycles. The number of methoxy groups -OCH3 is 1. The highest BCUT2D eigenvalue weighted by atomic mass is 35.5. The number of sulfonamides is 1. The minimum absolute atomic E-state index is 0.0443. The van der Waals surface area contributed by atoms with E-state index in [1.165, 1.54) is 19.2 Å². The van der Waals surface area contributed by atoms with E-state index in [0.717, 1.165) is 28.2 Å². The normalized spacial score (nSPS) is 13.9. The summed E-state index contributed by atoms with van der Waals surface area (Å²) in [7, 11) is -2.41. The van der Waals surface area contributed by atoms with Gasteiger partial charge in [-0.3, -0.25) is 13.9 Å². The Hall–Kier alpha value is -2.78.